The van der Waals surface area contributed by atoms with Gasteiger partial charge in [-0.25, -0.2) is 4.39 Å². The number of halogens is 2. The second kappa shape index (κ2) is 6.14. The molecule has 0 fully saturated rings. The number of anilines is 2. The summed E-state index contributed by atoms with van der Waals surface area (Å²) in [4.78, 5) is 12.2. The van der Waals surface area contributed by atoms with E-state index in [1.54, 1.807) is 30.3 Å². The topological polar surface area (TPSA) is 68.3 Å². The highest BCUT2D eigenvalue weighted by Gasteiger charge is 2.14. The summed E-state index contributed by atoms with van der Waals surface area (Å²) in [6, 6.07) is 14.3. The molecule has 0 aliphatic carbocycles. The van der Waals surface area contributed by atoms with E-state index in [9.17, 15) is 9.18 Å². The van der Waals surface area contributed by atoms with Gasteiger partial charge < -0.3 is 15.5 Å². The van der Waals surface area contributed by atoms with E-state index in [0.29, 0.717) is 22.7 Å². The van der Waals surface area contributed by atoms with Crippen LogP contribution in [0, 0.1) is 5.82 Å². The maximum atomic E-state index is 13.2. The molecule has 6 heteroatoms. The van der Waals surface area contributed by atoms with Gasteiger partial charge in [0.25, 0.3) is 5.91 Å². The van der Waals surface area contributed by atoms with Crippen molar-refractivity contribution in [3.8, 4) is 11.3 Å². The quantitative estimate of drug-likeness (QED) is 0.691. The molecule has 2 aromatic carbocycles. The summed E-state index contributed by atoms with van der Waals surface area (Å²) in [6.45, 7) is 0. The Labute approximate surface area is 136 Å². The SMILES string of the molecule is Nc1ccccc1NC(=O)c1ccc(-c2ccc(F)c(Cl)c2)o1. The normalized spacial score (nSPS) is 10.5. The summed E-state index contributed by atoms with van der Waals surface area (Å²) in [5.74, 6) is -0.413. The van der Waals surface area contributed by atoms with Crippen molar-refractivity contribution in [2.45, 2.75) is 0 Å². The first-order chi connectivity index (χ1) is 11.0. The van der Waals surface area contributed by atoms with Gasteiger partial charge in [0.2, 0.25) is 0 Å². The minimum atomic E-state index is -0.514. The number of carbonyl (C=O) groups excluding carboxylic acids is 1. The zero-order valence-corrected chi connectivity index (χ0v) is 12.6. The molecular formula is C17H12ClFN2O2. The summed E-state index contributed by atoms with van der Waals surface area (Å²) in [5, 5.41) is 2.66. The molecule has 3 N–H and O–H groups in total. The zero-order valence-electron chi connectivity index (χ0n) is 11.8. The predicted molar refractivity (Wildman–Crippen MR) is 87.9 cm³/mol. The molecule has 0 bridgehead atoms. The van der Waals surface area contributed by atoms with E-state index in [2.05, 4.69) is 5.32 Å². The molecule has 0 spiro atoms. The van der Waals surface area contributed by atoms with E-state index in [1.165, 1.54) is 24.3 Å². The lowest BCUT2D eigenvalue weighted by Gasteiger charge is -2.06. The number of rotatable bonds is 3. The molecule has 3 aromatic rings. The lowest BCUT2D eigenvalue weighted by Crippen LogP contribution is -2.12. The summed E-state index contributed by atoms with van der Waals surface area (Å²) >= 11 is 5.75. The van der Waals surface area contributed by atoms with Crippen LogP contribution in [0.15, 0.2) is 59.0 Å². The third kappa shape index (κ3) is 3.19. The first-order valence-corrected chi connectivity index (χ1v) is 7.13. The number of nitrogen functional groups attached to an aromatic ring is 1. The minimum Gasteiger partial charge on any atom is -0.451 e. The fourth-order valence-corrected chi connectivity index (χ4v) is 2.24. The second-order valence-corrected chi connectivity index (χ2v) is 5.24. The van der Waals surface area contributed by atoms with Gasteiger partial charge in [-0.2, -0.15) is 0 Å². The Morgan fingerprint density at radius 3 is 2.65 bits per heavy atom. The van der Waals surface area contributed by atoms with E-state index in [1.807, 2.05) is 0 Å². The predicted octanol–water partition coefficient (Wildman–Crippen LogP) is 4.57. The van der Waals surface area contributed by atoms with E-state index in [-0.39, 0.29) is 10.8 Å². The standard InChI is InChI=1S/C17H12ClFN2O2/c18-11-9-10(5-6-12(11)19)15-7-8-16(23-15)17(22)21-14-4-2-1-3-13(14)20/h1-9H,20H2,(H,21,22). The van der Waals surface area contributed by atoms with Gasteiger partial charge in [-0.15, -0.1) is 0 Å². The van der Waals surface area contributed by atoms with Crippen molar-refractivity contribution in [3.63, 3.8) is 0 Å². The van der Waals surface area contributed by atoms with Crippen molar-refractivity contribution in [2.75, 3.05) is 11.1 Å². The maximum Gasteiger partial charge on any atom is 0.291 e. The molecule has 0 saturated heterocycles. The Hall–Kier alpha value is -2.79. The van der Waals surface area contributed by atoms with Crippen molar-refractivity contribution >= 4 is 28.9 Å². The lowest BCUT2D eigenvalue weighted by molar-refractivity contribution is 0.0997. The van der Waals surface area contributed by atoms with Gasteiger partial charge in [0, 0.05) is 5.56 Å². The lowest BCUT2D eigenvalue weighted by atomic mass is 10.2. The minimum absolute atomic E-state index is 0.0121. The average molecular weight is 331 g/mol. The van der Waals surface area contributed by atoms with E-state index < -0.39 is 11.7 Å². The molecule has 0 radical (unpaired) electrons. The fraction of sp³-hybridized carbons (Fsp3) is 0. The van der Waals surface area contributed by atoms with Gasteiger partial charge in [0.1, 0.15) is 11.6 Å². The first kappa shape index (κ1) is 15.1. The number of carbonyl (C=O) groups is 1. The Kier molecular flexibility index (Phi) is 4.04. The highest BCUT2D eigenvalue weighted by Crippen LogP contribution is 2.27. The molecule has 3 rings (SSSR count). The second-order valence-electron chi connectivity index (χ2n) is 4.83. The largest absolute Gasteiger partial charge is 0.451 e. The van der Waals surface area contributed by atoms with Crippen LogP contribution < -0.4 is 11.1 Å². The van der Waals surface area contributed by atoms with Crippen molar-refractivity contribution < 1.29 is 13.6 Å². The molecule has 0 aliphatic rings. The third-order valence-electron chi connectivity index (χ3n) is 3.24. The zero-order chi connectivity index (χ0) is 16.4. The average Bonchev–Trinajstić information content (AvgIpc) is 3.02. The van der Waals surface area contributed by atoms with Crippen LogP contribution >= 0.6 is 11.6 Å². The molecule has 0 unspecified atom stereocenters. The van der Waals surface area contributed by atoms with Gasteiger partial charge in [0.15, 0.2) is 5.76 Å². The molecule has 1 aromatic heterocycles. The number of benzene rings is 2. The number of hydrogen-bond acceptors (Lipinski definition) is 3. The molecule has 0 saturated carbocycles. The van der Waals surface area contributed by atoms with Crippen molar-refractivity contribution in [1.82, 2.24) is 0 Å². The Balaban J connectivity index is 1.82. The van der Waals surface area contributed by atoms with Crippen molar-refractivity contribution in [3.05, 3.63) is 71.2 Å². The number of furan rings is 1. The maximum absolute atomic E-state index is 13.2. The first-order valence-electron chi connectivity index (χ1n) is 6.76. The van der Waals surface area contributed by atoms with Crippen LogP contribution in [-0.2, 0) is 0 Å². The van der Waals surface area contributed by atoms with E-state index in [0.717, 1.165) is 0 Å². The Morgan fingerprint density at radius 1 is 1.13 bits per heavy atom. The number of amides is 1. The van der Waals surface area contributed by atoms with Gasteiger partial charge in [-0.3, -0.25) is 4.79 Å². The summed E-state index contributed by atoms with van der Waals surface area (Å²) < 4.78 is 18.7. The van der Waals surface area contributed by atoms with Crippen LogP contribution in [0.2, 0.25) is 5.02 Å². The van der Waals surface area contributed by atoms with Gasteiger partial charge in [-0.1, -0.05) is 23.7 Å². The number of hydrogen-bond donors (Lipinski definition) is 2. The molecule has 23 heavy (non-hydrogen) atoms. The summed E-state index contributed by atoms with van der Waals surface area (Å²) in [6.07, 6.45) is 0. The fourth-order valence-electron chi connectivity index (χ4n) is 2.06. The number of nitrogens with two attached hydrogens (primary N) is 1. The Bertz CT molecular complexity index is 877. The monoisotopic (exact) mass is 330 g/mol. The number of para-hydroxylation sites is 2. The van der Waals surface area contributed by atoms with Crippen LogP contribution in [-0.4, -0.2) is 5.91 Å². The van der Waals surface area contributed by atoms with Crippen LogP contribution in [0.3, 0.4) is 0 Å². The summed E-state index contributed by atoms with van der Waals surface area (Å²) in [5.41, 5.74) is 7.31. The molecule has 1 amide bonds. The Morgan fingerprint density at radius 2 is 1.91 bits per heavy atom. The summed E-state index contributed by atoms with van der Waals surface area (Å²) in [7, 11) is 0. The smallest absolute Gasteiger partial charge is 0.291 e. The van der Waals surface area contributed by atoms with Gasteiger partial charge in [0.05, 0.1) is 16.4 Å². The van der Waals surface area contributed by atoms with Crippen LogP contribution in [0.5, 0.6) is 0 Å². The van der Waals surface area contributed by atoms with Crippen molar-refractivity contribution in [2.24, 2.45) is 0 Å². The van der Waals surface area contributed by atoms with Crippen LogP contribution in [0.25, 0.3) is 11.3 Å². The highest BCUT2D eigenvalue weighted by molar-refractivity contribution is 6.31. The molecular weight excluding hydrogens is 319 g/mol. The molecule has 4 nitrogen and oxygen atoms in total. The van der Waals surface area contributed by atoms with Gasteiger partial charge in [-0.05, 0) is 42.5 Å². The number of nitrogens with one attached hydrogen (secondary N) is 1. The highest BCUT2D eigenvalue weighted by atomic mass is 35.5. The molecule has 0 atom stereocenters. The third-order valence-corrected chi connectivity index (χ3v) is 3.53. The van der Waals surface area contributed by atoms with Gasteiger partial charge >= 0.3 is 0 Å². The van der Waals surface area contributed by atoms with Crippen molar-refractivity contribution in [1.29, 1.82) is 0 Å². The van der Waals surface area contributed by atoms with Crippen LogP contribution in [0.1, 0.15) is 10.6 Å². The molecule has 0 aliphatic heterocycles. The van der Waals surface area contributed by atoms with E-state index >= 15 is 0 Å². The molecule has 116 valence electrons. The van der Waals surface area contributed by atoms with E-state index in [4.69, 9.17) is 21.8 Å². The van der Waals surface area contributed by atoms with Crippen LogP contribution in [0.4, 0.5) is 15.8 Å². The molecule has 1 heterocycles.